The van der Waals surface area contributed by atoms with Crippen molar-refractivity contribution < 1.29 is 9.59 Å². The average Bonchev–Trinajstić information content (AvgIpc) is 2.91. The van der Waals surface area contributed by atoms with Crippen LogP contribution in [0.25, 0.3) is 0 Å². The minimum atomic E-state index is -0.137. The minimum Gasteiger partial charge on any atom is -0.353 e. The normalized spacial score (nSPS) is 32.5. The average molecular weight is 344 g/mol. The van der Waals surface area contributed by atoms with Gasteiger partial charge >= 0.3 is 0 Å². The van der Waals surface area contributed by atoms with E-state index in [1.54, 1.807) is 0 Å². The lowest BCUT2D eigenvalue weighted by Gasteiger charge is -2.33. The van der Waals surface area contributed by atoms with Crippen LogP contribution in [0.4, 0.5) is 0 Å². The molecule has 3 aliphatic rings. The molecule has 0 aromatic heterocycles. The van der Waals surface area contributed by atoms with Gasteiger partial charge in [0.05, 0.1) is 5.92 Å². The fourth-order valence-electron chi connectivity index (χ4n) is 4.10. The molecule has 0 aromatic carbocycles. The highest BCUT2D eigenvalue weighted by atomic mass is 35.5. The largest absolute Gasteiger partial charge is 0.353 e. The molecule has 1 saturated carbocycles. The highest BCUT2D eigenvalue weighted by molar-refractivity contribution is 5.89. The van der Waals surface area contributed by atoms with Crippen LogP contribution < -0.4 is 10.6 Å². The molecule has 2 heterocycles. The van der Waals surface area contributed by atoms with Gasteiger partial charge < -0.3 is 15.5 Å². The van der Waals surface area contributed by atoms with Gasteiger partial charge in [0.2, 0.25) is 11.8 Å². The molecule has 2 aliphatic heterocycles. The Kier molecular flexibility index (Phi) is 6.72. The Hall–Kier alpha value is -0.810. The van der Waals surface area contributed by atoms with Crippen LogP contribution in [0, 0.1) is 11.8 Å². The Labute approximate surface area is 145 Å². The number of hydrogen-bond donors (Lipinski definition) is 2. The summed E-state index contributed by atoms with van der Waals surface area (Å²) in [4.78, 5) is 26.7. The number of hydrogen-bond acceptors (Lipinski definition) is 3. The predicted octanol–water partition coefficient (Wildman–Crippen LogP) is 1.70. The molecule has 3 rings (SSSR count). The van der Waals surface area contributed by atoms with Crippen LogP contribution in [0.5, 0.6) is 0 Å². The molecule has 2 saturated heterocycles. The Bertz CT molecular complexity index is 418. The molecule has 2 N–H and O–H groups in total. The molecule has 3 fully saturated rings. The number of halogens is 1. The maximum absolute atomic E-state index is 12.4. The third-order valence-corrected chi connectivity index (χ3v) is 5.64. The van der Waals surface area contributed by atoms with Gasteiger partial charge in [0.25, 0.3) is 0 Å². The zero-order chi connectivity index (χ0) is 15.5. The second kappa shape index (κ2) is 8.34. The molecule has 1 atom stereocenters. The summed E-state index contributed by atoms with van der Waals surface area (Å²) in [5, 5.41) is 6.46. The van der Waals surface area contributed by atoms with Crippen molar-refractivity contribution in [3.8, 4) is 0 Å². The zero-order valence-corrected chi connectivity index (χ0v) is 14.9. The third-order valence-electron chi connectivity index (χ3n) is 5.64. The molecule has 6 heteroatoms. The smallest absolute Gasteiger partial charge is 0.225 e. The van der Waals surface area contributed by atoms with E-state index in [9.17, 15) is 9.59 Å². The number of rotatable bonds is 3. The van der Waals surface area contributed by atoms with Crippen LogP contribution >= 0.6 is 12.4 Å². The first-order valence-electron chi connectivity index (χ1n) is 8.94. The molecular formula is C17H30ClN3O2. The summed E-state index contributed by atoms with van der Waals surface area (Å²) in [6.07, 6.45) is 7.03. The summed E-state index contributed by atoms with van der Waals surface area (Å²) in [7, 11) is 0. The van der Waals surface area contributed by atoms with E-state index in [1.807, 2.05) is 4.90 Å². The van der Waals surface area contributed by atoms with E-state index >= 15 is 0 Å². The molecule has 1 unspecified atom stereocenters. The van der Waals surface area contributed by atoms with Gasteiger partial charge in [-0.05, 0) is 57.5 Å². The first kappa shape index (κ1) is 18.5. The second-order valence-electron chi connectivity index (χ2n) is 7.39. The van der Waals surface area contributed by atoms with E-state index in [0.29, 0.717) is 19.0 Å². The van der Waals surface area contributed by atoms with E-state index < -0.39 is 0 Å². The third kappa shape index (κ3) is 4.60. The van der Waals surface area contributed by atoms with Crippen LogP contribution in [-0.2, 0) is 9.59 Å². The molecule has 0 radical (unpaired) electrons. The van der Waals surface area contributed by atoms with Crippen molar-refractivity contribution in [2.75, 3.05) is 19.6 Å². The van der Waals surface area contributed by atoms with Crippen molar-refractivity contribution in [1.82, 2.24) is 15.5 Å². The molecule has 0 aromatic rings. The number of nitrogens with zero attached hydrogens (tertiary/aromatic N) is 1. The Morgan fingerprint density at radius 3 is 2.43 bits per heavy atom. The second-order valence-corrected chi connectivity index (χ2v) is 7.39. The minimum absolute atomic E-state index is 0. The predicted molar refractivity (Wildman–Crippen MR) is 92.5 cm³/mol. The molecular weight excluding hydrogens is 314 g/mol. The number of amides is 2. The number of carbonyl (C=O) groups excluding carboxylic acids is 2. The van der Waals surface area contributed by atoms with E-state index in [2.05, 4.69) is 17.6 Å². The van der Waals surface area contributed by atoms with Crippen LogP contribution in [0.15, 0.2) is 0 Å². The van der Waals surface area contributed by atoms with Crippen molar-refractivity contribution in [2.45, 2.75) is 64.0 Å². The monoisotopic (exact) mass is 343 g/mol. The molecule has 2 amide bonds. The first-order chi connectivity index (χ1) is 10.6. The van der Waals surface area contributed by atoms with Gasteiger partial charge in [0.15, 0.2) is 0 Å². The van der Waals surface area contributed by atoms with Crippen molar-refractivity contribution in [2.24, 2.45) is 11.8 Å². The van der Waals surface area contributed by atoms with E-state index in [-0.39, 0.29) is 36.2 Å². The van der Waals surface area contributed by atoms with E-state index in [4.69, 9.17) is 0 Å². The summed E-state index contributed by atoms with van der Waals surface area (Å²) in [6.45, 7) is 4.87. The highest BCUT2D eigenvalue weighted by Crippen LogP contribution is 2.31. The SMILES string of the molecule is CC1CCC(N2CC(C(=O)NC3CCNCC3)CC2=O)CC1.Cl. The Morgan fingerprint density at radius 1 is 1.13 bits per heavy atom. The summed E-state index contributed by atoms with van der Waals surface area (Å²) in [5.41, 5.74) is 0. The van der Waals surface area contributed by atoms with Gasteiger partial charge in [-0.3, -0.25) is 9.59 Å². The lowest BCUT2D eigenvalue weighted by atomic mass is 9.86. The van der Waals surface area contributed by atoms with E-state index in [0.717, 1.165) is 44.7 Å². The fraction of sp³-hybridized carbons (Fsp3) is 0.882. The van der Waals surface area contributed by atoms with Crippen molar-refractivity contribution in [3.05, 3.63) is 0 Å². The number of piperidine rings is 1. The Balaban J connectivity index is 0.00000192. The summed E-state index contributed by atoms with van der Waals surface area (Å²) >= 11 is 0. The van der Waals surface area contributed by atoms with Gasteiger partial charge in [-0.25, -0.2) is 0 Å². The Morgan fingerprint density at radius 2 is 1.78 bits per heavy atom. The summed E-state index contributed by atoms with van der Waals surface area (Å²) in [6, 6.07) is 0.661. The molecule has 23 heavy (non-hydrogen) atoms. The van der Waals surface area contributed by atoms with Gasteiger partial charge in [-0.2, -0.15) is 0 Å². The standard InChI is InChI=1S/C17H29N3O2.ClH/c1-12-2-4-15(5-3-12)20-11-13(10-16(20)21)17(22)19-14-6-8-18-9-7-14;/h12-15,18H,2-11H2,1H3,(H,19,22);1H. The fourth-order valence-corrected chi connectivity index (χ4v) is 4.10. The first-order valence-corrected chi connectivity index (χ1v) is 8.94. The lowest BCUT2D eigenvalue weighted by molar-refractivity contribution is -0.131. The van der Waals surface area contributed by atoms with Crippen LogP contribution in [0.3, 0.4) is 0 Å². The van der Waals surface area contributed by atoms with Crippen LogP contribution in [0.2, 0.25) is 0 Å². The maximum Gasteiger partial charge on any atom is 0.225 e. The summed E-state index contributed by atoms with van der Waals surface area (Å²) < 4.78 is 0. The molecule has 132 valence electrons. The topological polar surface area (TPSA) is 61.4 Å². The molecule has 1 aliphatic carbocycles. The molecule has 0 spiro atoms. The van der Waals surface area contributed by atoms with Crippen LogP contribution in [-0.4, -0.2) is 48.4 Å². The highest BCUT2D eigenvalue weighted by Gasteiger charge is 2.39. The van der Waals surface area contributed by atoms with Crippen molar-refractivity contribution in [3.63, 3.8) is 0 Å². The maximum atomic E-state index is 12.4. The number of nitrogens with one attached hydrogen (secondary N) is 2. The van der Waals surface area contributed by atoms with Gasteiger partial charge in [-0.15, -0.1) is 12.4 Å². The van der Waals surface area contributed by atoms with Crippen molar-refractivity contribution >= 4 is 24.2 Å². The number of likely N-dealkylation sites (tertiary alicyclic amines) is 1. The summed E-state index contributed by atoms with van der Waals surface area (Å²) in [5.74, 6) is 0.923. The van der Waals surface area contributed by atoms with Gasteiger partial charge in [0.1, 0.15) is 0 Å². The van der Waals surface area contributed by atoms with Crippen LogP contribution in [0.1, 0.15) is 51.9 Å². The zero-order valence-electron chi connectivity index (χ0n) is 14.1. The lowest BCUT2D eigenvalue weighted by Crippen LogP contribution is -2.45. The quantitative estimate of drug-likeness (QED) is 0.820. The van der Waals surface area contributed by atoms with Gasteiger partial charge in [-0.1, -0.05) is 6.92 Å². The van der Waals surface area contributed by atoms with Gasteiger partial charge in [0, 0.05) is 25.0 Å². The van der Waals surface area contributed by atoms with E-state index in [1.165, 1.54) is 12.8 Å². The number of carbonyl (C=O) groups is 2. The molecule has 5 nitrogen and oxygen atoms in total. The molecule has 0 bridgehead atoms. The van der Waals surface area contributed by atoms with Crippen molar-refractivity contribution in [1.29, 1.82) is 0 Å².